The first kappa shape index (κ1) is 50.0. The molecule has 0 amide bonds. The van der Waals surface area contributed by atoms with E-state index in [9.17, 15) is 0 Å². The predicted molar refractivity (Wildman–Crippen MR) is 341 cm³/mol. The van der Waals surface area contributed by atoms with E-state index >= 15 is 0 Å². The van der Waals surface area contributed by atoms with Crippen LogP contribution in [-0.4, -0.2) is 25.6 Å². The molecule has 0 fully saturated rings. The van der Waals surface area contributed by atoms with Gasteiger partial charge in [-0.1, -0.05) is 205 Å². The van der Waals surface area contributed by atoms with Crippen LogP contribution in [0.25, 0.3) is 67.0 Å². The zero-order valence-corrected chi connectivity index (χ0v) is 47.5. The average molecular weight is 1080 g/mol. The summed E-state index contributed by atoms with van der Waals surface area (Å²) < 4.78 is 11.3. The van der Waals surface area contributed by atoms with Gasteiger partial charge in [0.25, 0.3) is 0 Å². The zero-order chi connectivity index (χ0) is 56.2. The third-order valence-corrected chi connectivity index (χ3v) is 17.2. The van der Waals surface area contributed by atoms with E-state index in [0.717, 1.165) is 84.4 Å². The highest BCUT2D eigenvalue weighted by atomic mass is 16.5. The summed E-state index contributed by atoms with van der Waals surface area (Å²) in [6, 6.07) is 90.9. The summed E-state index contributed by atoms with van der Waals surface area (Å²) in [5.41, 5.74) is 22.3. The molecule has 15 rings (SSSR count). The lowest BCUT2D eigenvalue weighted by molar-refractivity contribution is 0.483. The predicted octanol–water partition coefficient (Wildman–Crippen LogP) is 19.2. The molecule has 7 heteroatoms. The number of ether oxygens (including phenoxy) is 1. The summed E-state index contributed by atoms with van der Waals surface area (Å²) in [6.45, 7) is 14.1. The van der Waals surface area contributed by atoms with Gasteiger partial charge in [-0.3, -0.25) is 8.97 Å². The lowest BCUT2D eigenvalue weighted by Crippen LogP contribution is -2.30. The van der Waals surface area contributed by atoms with Crippen molar-refractivity contribution in [2.75, 3.05) is 16.5 Å². The van der Waals surface area contributed by atoms with Gasteiger partial charge < -0.3 is 14.5 Å². The van der Waals surface area contributed by atoms with Crippen molar-refractivity contribution in [2.45, 2.75) is 57.8 Å². The smallest absolute Gasteiger partial charge is 0.221 e. The quantitative estimate of drug-likeness (QED) is 0.144. The Kier molecular flexibility index (Phi) is 11.5. The molecule has 0 saturated heterocycles. The second-order valence-electron chi connectivity index (χ2n) is 24.3. The highest BCUT2D eigenvalue weighted by Crippen LogP contribution is 2.59. The van der Waals surface area contributed by atoms with Crippen LogP contribution in [0.4, 0.5) is 22.7 Å². The minimum atomic E-state index is -0.633. The molecule has 0 bridgehead atoms. The van der Waals surface area contributed by atoms with E-state index in [1.807, 2.05) is 18.3 Å². The van der Waals surface area contributed by atoms with Crippen LogP contribution >= 0.6 is 0 Å². The van der Waals surface area contributed by atoms with Crippen molar-refractivity contribution in [3.63, 3.8) is 0 Å². The van der Waals surface area contributed by atoms with Crippen LogP contribution < -0.4 is 14.5 Å². The van der Waals surface area contributed by atoms with Crippen molar-refractivity contribution in [3.05, 3.63) is 288 Å². The van der Waals surface area contributed by atoms with Gasteiger partial charge in [0.15, 0.2) is 0 Å². The Hall–Kier alpha value is -9.98. The number of fused-ring (bicyclic) bond motifs is 9. The molecule has 2 aliphatic rings. The number of nitrogens with zero attached hydrogens (tertiary/aromatic N) is 6. The number of benzene rings is 10. The van der Waals surface area contributed by atoms with Crippen molar-refractivity contribution in [2.24, 2.45) is 0 Å². The van der Waals surface area contributed by atoms with Crippen LogP contribution in [0.1, 0.15) is 74.9 Å². The number of hydrogen-bond acceptors (Lipinski definition) is 5. The monoisotopic (exact) mass is 1070 g/mol. The van der Waals surface area contributed by atoms with Gasteiger partial charge in [-0.25, -0.2) is 9.97 Å². The molecular formula is C76H62N6O. The molecule has 83 heavy (non-hydrogen) atoms. The van der Waals surface area contributed by atoms with E-state index in [1.54, 1.807) is 0 Å². The number of rotatable bonds is 9. The summed E-state index contributed by atoms with van der Waals surface area (Å²) in [7, 11) is 0. The second kappa shape index (κ2) is 19.1. The van der Waals surface area contributed by atoms with E-state index in [4.69, 9.17) is 14.7 Å². The Bertz CT molecular complexity index is 4550. The maximum Gasteiger partial charge on any atom is 0.221 e. The molecule has 0 spiro atoms. The Morgan fingerprint density at radius 2 is 1.02 bits per heavy atom. The Morgan fingerprint density at radius 3 is 1.69 bits per heavy atom. The summed E-state index contributed by atoms with van der Waals surface area (Å²) in [6.07, 6.45) is 1.91. The first-order valence-corrected chi connectivity index (χ1v) is 28.8. The molecule has 13 aromatic rings. The standard InChI is InChI=1S/C76H62N6O/c1-74(2,3)52-36-38-53(39-37-52)76(63-30-15-13-28-59(63)60-29-14-16-31-64(60)76)55-44-61(50-22-9-7-10-23-50)72(62(45-55)51-24-11-8-12-25-51)80-49-79(67-34-19-20-35-68(67)80)56-26-21-27-57(47-56)83-58-40-41-69-70(48-58)82(71-46-54(42-43-77-71)75(4,5)6)73-78-65-32-17-18-33-66(65)81(69)73/h7-48H,49H2,1-6H3. The van der Waals surface area contributed by atoms with Gasteiger partial charge >= 0.3 is 0 Å². The van der Waals surface area contributed by atoms with E-state index < -0.39 is 5.41 Å². The van der Waals surface area contributed by atoms with Crippen molar-refractivity contribution in [3.8, 4) is 50.7 Å². The number of imidazole rings is 2. The molecule has 0 radical (unpaired) electrons. The zero-order valence-electron chi connectivity index (χ0n) is 47.5. The third-order valence-electron chi connectivity index (χ3n) is 17.2. The number of para-hydroxylation sites is 4. The molecule has 3 aromatic heterocycles. The fourth-order valence-electron chi connectivity index (χ4n) is 13.2. The number of anilines is 4. The first-order valence-electron chi connectivity index (χ1n) is 28.8. The number of aromatic nitrogens is 4. The molecular weight excluding hydrogens is 1010 g/mol. The Balaban J connectivity index is 0.874. The topological polar surface area (TPSA) is 50.8 Å². The van der Waals surface area contributed by atoms with Crippen LogP contribution in [0, 0.1) is 0 Å². The van der Waals surface area contributed by atoms with Gasteiger partial charge in [-0.2, -0.15) is 0 Å². The summed E-state index contributed by atoms with van der Waals surface area (Å²) in [5, 5.41) is 0. The highest BCUT2D eigenvalue weighted by molar-refractivity contribution is 6.00. The number of pyridine rings is 1. The second-order valence-corrected chi connectivity index (χ2v) is 24.3. The van der Waals surface area contributed by atoms with Crippen LogP contribution in [0.2, 0.25) is 0 Å². The van der Waals surface area contributed by atoms with Crippen LogP contribution in [0.15, 0.2) is 255 Å². The minimum absolute atomic E-state index is 0.000555. The van der Waals surface area contributed by atoms with E-state index in [0.29, 0.717) is 12.4 Å². The maximum atomic E-state index is 6.95. The van der Waals surface area contributed by atoms with Gasteiger partial charge in [0.2, 0.25) is 5.78 Å². The molecule has 0 N–H and O–H groups in total. The third kappa shape index (κ3) is 8.08. The van der Waals surface area contributed by atoms with Gasteiger partial charge in [-0.05, 0) is 139 Å². The van der Waals surface area contributed by atoms with E-state index in [2.05, 4.69) is 297 Å². The summed E-state index contributed by atoms with van der Waals surface area (Å²) >= 11 is 0. The molecule has 1 aliphatic heterocycles. The molecule has 402 valence electrons. The average Bonchev–Trinajstić information content (AvgIpc) is 2.50. The van der Waals surface area contributed by atoms with E-state index in [1.165, 1.54) is 44.5 Å². The van der Waals surface area contributed by atoms with Gasteiger partial charge in [0.05, 0.1) is 44.5 Å². The van der Waals surface area contributed by atoms with Crippen molar-refractivity contribution < 1.29 is 4.74 Å². The molecule has 10 aromatic carbocycles. The molecule has 0 saturated carbocycles. The fourth-order valence-corrected chi connectivity index (χ4v) is 13.2. The van der Waals surface area contributed by atoms with Gasteiger partial charge in [0.1, 0.15) is 24.0 Å². The van der Waals surface area contributed by atoms with Crippen molar-refractivity contribution in [1.82, 2.24) is 18.9 Å². The molecule has 1 aliphatic carbocycles. The van der Waals surface area contributed by atoms with Crippen molar-refractivity contribution >= 4 is 50.6 Å². The van der Waals surface area contributed by atoms with Crippen LogP contribution in [0.5, 0.6) is 11.5 Å². The SMILES string of the molecule is CC(C)(C)c1ccc(C2(c3cc(-c4ccccc4)c(N4CN(c5cccc(Oc6ccc7c(c6)n(-c6cc(C(C)(C)C)ccn6)c6nc8ccccc8n76)c5)c5ccccc54)c(-c4ccccc4)c3)c3ccccc3-c3ccccc32)cc1. The normalized spacial score (nSPS) is 13.7. The summed E-state index contributed by atoms with van der Waals surface area (Å²) in [5.74, 6) is 3.06. The Labute approximate surface area is 485 Å². The van der Waals surface area contributed by atoms with Crippen molar-refractivity contribution in [1.29, 1.82) is 0 Å². The lowest BCUT2D eigenvalue weighted by atomic mass is 9.66. The highest BCUT2D eigenvalue weighted by Gasteiger charge is 2.47. The maximum absolute atomic E-state index is 6.95. The molecule has 7 nitrogen and oxygen atoms in total. The Morgan fingerprint density at radius 1 is 0.434 bits per heavy atom. The minimum Gasteiger partial charge on any atom is -0.457 e. The fraction of sp³-hybridized carbons (Fsp3) is 0.132. The lowest BCUT2D eigenvalue weighted by Gasteiger charge is -2.36. The molecule has 0 atom stereocenters. The summed E-state index contributed by atoms with van der Waals surface area (Å²) in [4.78, 5) is 15.1. The van der Waals surface area contributed by atoms with Gasteiger partial charge in [0, 0.05) is 35.1 Å². The molecule has 4 heterocycles. The van der Waals surface area contributed by atoms with E-state index in [-0.39, 0.29) is 10.8 Å². The van der Waals surface area contributed by atoms with Crippen LogP contribution in [0.3, 0.4) is 0 Å². The first-order chi connectivity index (χ1) is 40.4. The van der Waals surface area contributed by atoms with Crippen LogP contribution in [-0.2, 0) is 16.2 Å². The van der Waals surface area contributed by atoms with Gasteiger partial charge in [-0.15, -0.1) is 0 Å². The largest absolute Gasteiger partial charge is 0.457 e. The molecule has 0 unspecified atom stereocenters. The number of hydrogen-bond donors (Lipinski definition) is 0.